The monoisotopic (exact) mass is 851 g/mol. The normalized spacial score (nSPS) is 22.9. The Morgan fingerprint density at radius 2 is 1.89 bits per heavy atom. The van der Waals surface area contributed by atoms with E-state index in [2.05, 4.69) is 47.6 Å². The van der Waals surface area contributed by atoms with Crippen LogP contribution in [0.5, 0.6) is 0 Å². The molecule has 1 aromatic carbocycles. The highest BCUT2D eigenvalue weighted by molar-refractivity contribution is 6.08. The van der Waals surface area contributed by atoms with Gasteiger partial charge in [-0.05, 0) is 69.9 Å². The zero-order valence-corrected chi connectivity index (χ0v) is 34.9. The van der Waals surface area contributed by atoms with Gasteiger partial charge in [0.2, 0.25) is 11.8 Å². The maximum Gasteiger partial charge on any atom is 0.284 e. The predicted molar refractivity (Wildman–Crippen MR) is 225 cm³/mol. The molecule has 3 saturated heterocycles. The number of anilines is 2. The molecule has 3 aliphatic heterocycles. The van der Waals surface area contributed by atoms with Gasteiger partial charge in [0.05, 0.1) is 59.4 Å². The Balaban J connectivity index is 0.744. The van der Waals surface area contributed by atoms with E-state index in [9.17, 15) is 23.2 Å². The average Bonchev–Trinajstić information content (AvgIpc) is 3.99. The van der Waals surface area contributed by atoms with Gasteiger partial charge >= 0.3 is 0 Å². The summed E-state index contributed by atoms with van der Waals surface area (Å²) in [7, 11) is 1.84. The van der Waals surface area contributed by atoms with Crippen LogP contribution >= 0.6 is 0 Å². The SMILES string of the molecule is CC1CN(c2ccn3ncc(C(=O)Nc4cn(C5CCC(CN6CCC(OCC#Cc7cccc8c(C9CCC(=O)NC9=O)nn(C)c78)CC6)CC5)nc4C(F)F)c3n2)CCO1. The lowest BCUT2D eigenvalue weighted by Crippen LogP contribution is -2.41. The molecular weight excluding hydrogens is 801 g/mol. The summed E-state index contributed by atoms with van der Waals surface area (Å²) < 4.78 is 45.3. The number of ether oxygens (including phenoxy) is 2. The molecule has 0 radical (unpaired) electrons. The number of aryl methyl sites for hydroxylation is 1. The standard InChI is InChI=1S/C44H51F2N11O5/c1-27-24-55(20-22-61-27)36-16-19-56-42(49-36)34(23-47-56)44(60)48-35-26-57(52-39(35)41(45)46)30-10-8-28(9-11-30)25-54-17-14-31(15-18-54)62-21-4-6-29-5-3-7-32-38(51-53(2)40(29)32)33-12-13-37(58)50-43(33)59/h3,5,7,16,19,23,26-28,30-31,33,41H,8-15,17-18,20-22,24-25H2,1-2H3,(H,48,60)(H,50,58,59). The van der Waals surface area contributed by atoms with Gasteiger partial charge in [-0.2, -0.15) is 15.3 Å². The van der Waals surface area contributed by atoms with Gasteiger partial charge in [0, 0.05) is 64.0 Å². The molecule has 7 heterocycles. The molecule has 2 unspecified atom stereocenters. The molecule has 16 nitrogen and oxygen atoms in total. The molecule has 9 rings (SSSR count). The summed E-state index contributed by atoms with van der Waals surface area (Å²) in [6.45, 7) is 7.07. The molecule has 1 aliphatic carbocycles. The number of nitrogens with one attached hydrogen (secondary N) is 2. The number of benzene rings is 1. The van der Waals surface area contributed by atoms with E-state index >= 15 is 0 Å². The number of rotatable bonds is 10. The van der Waals surface area contributed by atoms with E-state index in [-0.39, 0.29) is 41.3 Å². The summed E-state index contributed by atoms with van der Waals surface area (Å²) in [5.74, 6) is 6.01. The van der Waals surface area contributed by atoms with Crippen LogP contribution in [0.1, 0.15) is 104 Å². The second-order valence-corrected chi connectivity index (χ2v) is 16.9. The predicted octanol–water partition coefficient (Wildman–Crippen LogP) is 5.01. The lowest BCUT2D eigenvalue weighted by molar-refractivity contribution is -0.134. The lowest BCUT2D eigenvalue weighted by atomic mass is 9.85. The van der Waals surface area contributed by atoms with Crippen molar-refractivity contribution in [1.29, 1.82) is 0 Å². The Labute approximate surface area is 357 Å². The molecule has 3 amide bonds. The Kier molecular flexibility index (Phi) is 12.0. The minimum Gasteiger partial charge on any atom is -0.375 e. The van der Waals surface area contributed by atoms with Gasteiger partial charge in [0.15, 0.2) is 11.3 Å². The van der Waals surface area contributed by atoms with Gasteiger partial charge in [0.1, 0.15) is 18.0 Å². The number of nitrogens with zero attached hydrogens (tertiary/aromatic N) is 9. The molecule has 62 heavy (non-hydrogen) atoms. The molecule has 2 atom stereocenters. The number of carbonyl (C=O) groups excluding carboxylic acids is 3. The van der Waals surface area contributed by atoms with Crippen molar-refractivity contribution in [3.63, 3.8) is 0 Å². The highest BCUT2D eigenvalue weighted by atomic mass is 19.3. The van der Waals surface area contributed by atoms with Crippen molar-refractivity contribution in [3.8, 4) is 11.8 Å². The van der Waals surface area contributed by atoms with Gasteiger partial charge in [-0.25, -0.2) is 18.3 Å². The van der Waals surface area contributed by atoms with Crippen LogP contribution in [0.3, 0.4) is 0 Å². The van der Waals surface area contributed by atoms with Gasteiger partial charge < -0.3 is 24.6 Å². The van der Waals surface area contributed by atoms with Crippen molar-refractivity contribution in [2.45, 2.75) is 88.9 Å². The number of amides is 3. The first kappa shape index (κ1) is 41.6. The smallest absolute Gasteiger partial charge is 0.284 e. The van der Waals surface area contributed by atoms with Crippen molar-refractivity contribution in [2.24, 2.45) is 13.0 Å². The molecule has 5 aromatic rings. The molecule has 4 fully saturated rings. The fourth-order valence-corrected chi connectivity index (χ4v) is 9.45. The number of carbonyl (C=O) groups is 3. The minimum atomic E-state index is -2.86. The molecule has 18 heteroatoms. The van der Waals surface area contributed by atoms with E-state index in [1.165, 1.54) is 10.7 Å². The third kappa shape index (κ3) is 8.79. The largest absolute Gasteiger partial charge is 0.375 e. The number of likely N-dealkylation sites (tertiary alicyclic amines) is 1. The Bertz CT molecular complexity index is 2530. The third-order valence-electron chi connectivity index (χ3n) is 12.7. The molecule has 4 aromatic heterocycles. The molecule has 1 saturated carbocycles. The van der Waals surface area contributed by atoms with E-state index < -0.39 is 23.9 Å². The molecule has 4 aliphatic rings. The first-order chi connectivity index (χ1) is 30.1. The summed E-state index contributed by atoms with van der Waals surface area (Å²) in [5, 5.41) is 19.2. The van der Waals surface area contributed by atoms with Crippen LogP contribution < -0.4 is 15.5 Å². The molecule has 2 N–H and O–H groups in total. The van der Waals surface area contributed by atoms with Crippen LogP contribution in [0.25, 0.3) is 16.6 Å². The lowest BCUT2D eigenvalue weighted by Gasteiger charge is -2.36. The van der Waals surface area contributed by atoms with Gasteiger partial charge in [-0.1, -0.05) is 24.0 Å². The summed E-state index contributed by atoms with van der Waals surface area (Å²) in [6, 6.07) is 7.59. The quantitative estimate of drug-likeness (QED) is 0.143. The minimum absolute atomic E-state index is 0.00731. The van der Waals surface area contributed by atoms with Crippen molar-refractivity contribution in [1.82, 2.24) is 44.4 Å². The number of fused-ring (bicyclic) bond motifs is 2. The van der Waals surface area contributed by atoms with Crippen molar-refractivity contribution < 1.29 is 32.6 Å². The first-order valence-electron chi connectivity index (χ1n) is 21.6. The van der Waals surface area contributed by atoms with Gasteiger partial charge in [-0.3, -0.25) is 29.1 Å². The number of aromatic nitrogens is 7. The molecule has 0 bridgehead atoms. The fourth-order valence-electron chi connectivity index (χ4n) is 9.45. The Morgan fingerprint density at radius 3 is 2.66 bits per heavy atom. The molecular formula is C44H51F2N11O5. The number of hydrogen-bond acceptors (Lipinski definition) is 11. The Hall–Kier alpha value is -5.77. The molecule has 0 spiro atoms. The number of para-hydroxylation sites is 1. The highest BCUT2D eigenvalue weighted by Crippen LogP contribution is 2.36. The zero-order chi connectivity index (χ0) is 42.9. The summed E-state index contributed by atoms with van der Waals surface area (Å²) in [5.41, 5.74) is 2.39. The Morgan fingerprint density at radius 1 is 1.06 bits per heavy atom. The first-order valence-corrected chi connectivity index (χ1v) is 21.6. The average molecular weight is 852 g/mol. The van der Waals surface area contributed by atoms with Crippen LogP contribution in [0.15, 0.2) is 42.9 Å². The molecule has 326 valence electrons. The van der Waals surface area contributed by atoms with Crippen molar-refractivity contribution >= 4 is 45.8 Å². The summed E-state index contributed by atoms with van der Waals surface area (Å²) >= 11 is 0. The van der Waals surface area contributed by atoms with E-state index in [1.807, 2.05) is 38.2 Å². The van der Waals surface area contributed by atoms with E-state index in [1.54, 1.807) is 21.8 Å². The number of halogens is 2. The number of morpholine rings is 1. The fraction of sp³-hybridized carbons (Fsp3) is 0.523. The number of imide groups is 1. The topological polar surface area (TPSA) is 166 Å². The third-order valence-corrected chi connectivity index (χ3v) is 12.7. The van der Waals surface area contributed by atoms with Crippen molar-refractivity contribution in [2.75, 3.05) is 56.2 Å². The van der Waals surface area contributed by atoms with Crippen LogP contribution in [-0.2, 0) is 26.1 Å². The van der Waals surface area contributed by atoms with Gasteiger partial charge in [-0.15, -0.1) is 0 Å². The summed E-state index contributed by atoms with van der Waals surface area (Å²) in [6.07, 6.45) is 8.10. The van der Waals surface area contributed by atoms with E-state index in [0.717, 1.165) is 74.6 Å². The van der Waals surface area contributed by atoms with Crippen LogP contribution in [-0.4, -0.2) is 115 Å². The number of piperidine rings is 2. The highest BCUT2D eigenvalue weighted by Gasteiger charge is 2.33. The van der Waals surface area contributed by atoms with E-state index in [4.69, 9.17) is 14.5 Å². The van der Waals surface area contributed by atoms with Gasteiger partial charge in [0.25, 0.3) is 12.3 Å². The summed E-state index contributed by atoms with van der Waals surface area (Å²) in [4.78, 5) is 47.0. The van der Waals surface area contributed by atoms with E-state index in [0.29, 0.717) is 62.2 Å². The maximum absolute atomic E-state index is 14.3. The number of hydrogen-bond donors (Lipinski definition) is 2. The van der Waals surface area contributed by atoms with Crippen molar-refractivity contribution in [3.05, 3.63) is 65.4 Å². The van der Waals surface area contributed by atoms with Crippen LogP contribution in [0.2, 0.25) is 0 Å². The van der Waals surface area contributed by atoms with Crippen LogP contribution in [0, 0.1) is 17.8 Å². The zero-order valence-electron chi connectivity index (χ0n) is 34.9. The van der Waals surface area contributed by atoms with Crippen LogP contribution in [0.4, 0.5) is 20.3 Å². The second-order valence-electron chi connectivity index (χ2n) is 16.9. The maximum atomic E-state index is 14.3. The number of alkyl halides is 2. The second kappa shape index (κ2) is 17.9.